The van der Waals surface area contributed by atoms with E-state index in [2.05, 4.69) is 33.8 Å². The van der Waals surface area contributed by atoms with E-state index < -0.39 is 0 Å². The molecule has 1 amide bonds. The minimum absolute atomic E-state index is 0.0409. The summed E-state index contributed by atoms with van der Waals surface area (Å²) < 4.78 is 0. The second-order valence-corrected chi connectivity index (χ2v) is 7.67. The Kier molecular flexibility index (Phi) is 3.17. The van der Waals surface area contributed by atoms with Crippen LogP contribution in [-0.4, -0.2) is 12.5 Å². The molecule has 3 rings (SSSR count). The van der Waals surface area contributed by atoms with Crippen LogP contribution in [-0.2, 0) is 4.79 Å². The van der Waals surface area contributed by atoms with Gasteiger partial charge in [-0.25, -0.2) is 0 Å². The first kappa shape index (κ1) is 14.6. The molecule has 3 nitrogen and oxygen atoms in total. The molecule has 1 atom stereocenters. The van der Waals surface area contributed by atoms with Crippen LogP contribution < -0.4 is 10.6 Å². The second kappa shape index (κ2) is 4.57. The summed E-state index contributed by atoms with van der Waals surface area (Å²) in [6.45, 7) is 9.58. The number of nitrogens with zero attached hydrogens (tertiary/aromatic N) is 1. The maximum absolute atomic E-state index is 13.1. The van der Waals surface area contributed by atoms with Crippen molar-refractivity contribution >= 4 is 11.6 Å². The van der Waals surface area contributed by atoms with E-state index in [0.717, 1.165) is 30.6 Å². The fourth-order valence-electron chi connectivity index (χ4n) is 3.99. The molecule has 0 bridgehead atoms. The number of amides is 1. The van der Waals surface area contributed by atoms with Gasteiger partial charge in [0.05, 0.1) is 0 Å². The first-order valence-electron chi connectivity index (χ1n) is 7.94. The minimum Gasteiger partial charge on any atom is -0.324 e. The molecule has 0 saturated heterocycles. The Morgan fingerprint density at radius 3 is 2.43 bits per heavy atom. The van der Waals surface area contributed by atoms with Gasteiger partial charge in [0.15, 0.2) is 0 Å². The average molecular weight is 286 g/mol. The highest BCUT2D eigenvalue weighted by molar-refractivity contribution is 5.99. The highest BCUT2D eigenvalue weighted by atomic mass is 16.2. The van der Waals surface area contributed by atoms with E-state index in [1.807, 2.05) is 23.1 Å². The van der Waals surface area contributed by atoms with Crippen LogP contribution in [0.15, 0.2) is 24.3 Å². The summed E-state index contributed by atoms with van der Waals surface area (Å²) in [5.41, 5.74) is 8.55. The number of para-hydroxylation sites is 1. The summed E-state index contributed by atoms with van der Waals surface area (Å²) in [6, 6.07) is 8.16. The van der Waals surface area contributed by atoms with Crippen LogP contribution in [0.2, 0.25) is 0 Å². The van der Waals surface area contributed by atoms with Crippen LogP contribution in [0, 0.1) is 16.7 Å². The average Bonchev–Trinajstić information content (AvgIpc) is 2.91. The normalized spacial score (nSPS) is 26.9. The second-order valence-electron chi connectivity index (χ2n) is 7.67. The first-order chi connectivity index (χ1) is 9.78. The minimum atomic E-state index is 0.0409. The summed E-state index contributed by atoms with van der Waals surface area (Å²) in [6.07, 6.45) is 1.91. The van der Waals surface area contributed by atoms with E-state index in [0.29, 0.717) is 0 Å². The van der Waals surface area contributed by atoms with Gasteiger partial charge < -0.3 is 10.6 Å². The number of hydrogen-bond donors (Lipinski definition) is 1. The van der Waals surface area contributed by atoms with Gasteiger partial charge in [-0.2, -0.15) is 0 Å². The van der Waals surface area contributed by atoms with Gasteiger partial charge in [-0.05, 0) is 35.3 Å². The predicted molar refractivity (Wildman–Crippen MR) is 86.0 cm³/mol. The van der Waals surface area contributed by atoms with Crippen molar-refractivity contribution in [3.8, 4) is 0 Å². The van der Waals surface area contributed by atoms with E-state index in [9.17, 15) is 4.79 Å². The Hall–Kier alpha value is -1.35. The highest BCUT2D eigenvalue weighted by Gasteiger charge is 2.69. The maximum Gasteiger partial charge on any atom is 0.231 e. The molecule has 2 N–H and O–H groups in total. The summed E-state index contributed by atoms with van der Waals surface area (Å²) >= 11 is 0. The summed E-state index contributed by atoms with van der Waals surface area (Å²) in [5, 5.41) is 0. The molecule has 0 radical (unpaired) electrons. The van der Waals surface area contributed by atoms with Crippen molar-refractivity contribution in [3.63, 3.8) is 0 Å². The molecule has 0 aromatic heterocycles. The quantitative estimate of drug-likeness (QED) is 0.859. The number of carbonyl (C=O) groups excluding carboxylic acids is 1. The molecule has 114 valence electrons. The van der Waals surface area contributed by atoms with Gasteiger partial charge in [-0.15, -0.1) is 0 Å². The van der Waals surface area contributed by atoms with Gasteiger partial charge >= 0.3 is 0 Å². The highest BCUT2D eigenvalue weighted by Crippen LogP contribution is 2.69. The SMILES string of the molecule is CC1(C)C(C(=O)N2CCCC(N)c3ccccc32)C1(C)C. The van der Waals surface area contributed by atoms with Crippen molar-refractivity contribution in [2.24, 2.45) is 22.5 Å². The Morgan fingerprint density at radius 1 is 1.19 bits per heavy atom. The lowest BCUT2D eigenvalue weighted by atomic mass is 10.0. The monoisotopic (exact) mass is 286 g/mol. The number of hydrogen-bond acceptors (Lipinski definition) is 2. The number of carbonyl (C=O) groups is 1. The first-order valence-corrected chi connectivity index (χ1v) is 7.94. The zero-order chi connectivity index (χ0) is 15.4. The van der Waals surface area contributed by atoms with Crippen LogP contribution in [0.5, 0.6) is 0 Å². The zero-order valence-corrected chi connectivity index (χ0v) is 13.5. The van der Waals surface area contributed by atoms with Crippen LogP contribution >= 0.6 is 0 Å². The maximum atomic E-state index is 13.1. The van der Waals surface area contributed by atoms with Gasteiger partial charge in [0.2, 0.25) is 5.91 Å². The molecule has 2 aliphatic rings. The molecule has 1 heterocycles. The third-order valence-corrected chi connectivity index (χ3v) is 6.06. The van der Waals surface area contributed by atoms with Crippen LogP contribution in [0.25, 0.3) is 0 Å². The van der Waals surface area contributed by atoms with Crippen LogP contribution in [0.4, 0.5) is 5.69 Å². The van der Waals surface area contributed by atoms with Gasteiger partial charge in [0.25, 0.3) is 0 Å². The molecular weight excluding hydrogens is 260 g/mol. The number of fused-ring (bicyclic) bond motifs is 1. The molecule has 1 saturated carbocycles. The van der Waals surface area contributed by atoms with E-state index in [-0.39, 0.29) is 28.7 Å². The van der Waals surface area contributed by atoms with Crippen molar-refractivity contribution in [2.45, 2.75) is 46.6 Å². The third kappa shape index (κ3) is 2.02. The number of nitrogens with two attached hydrogens (primary N) is 1. The van der Waals surface area contributed by atoms with Crippen molar-refractivity contribution in [3.05, 3.63) is 29.8 Å². The van der Waals surface area contributed by atoms with Gasteiger partial charge in [0, 0.05) is 24.2 Å². The topological polar surface area (TPSA) is 46.3 Å². The van der Waals surface area contributed by atoms with Crippen molar-refractivity contribution < 1.29 is 4.79 Å². The Labute approximate surface area is 127 Å². The predicted octanol–water partition coefficient (Wildman–Crippen LogP) is 3.50. The Balaban J connectivity index is 1.96. The number of anilines is 1. The lowest BCUT2D eigenvalue weighted by Gasteiger charge is -2.24. The third-order valence-electron chi connectivity index (χ3n) is 6.06. The summed E-state index contributed by atoms with van der Waals surface area (Å²) in [5.74, 6) is 0.374. The fourth-order valence-corrected chi connectivity index (χ4v) is 3.99. The van der Waals surface area contributed by atoms with E-state index in [1.165, 1.54) is 0 Å². The molecule has 3 heteroatoms. The summed E-state index contributed by atoms with van der Waals surface area (Å²) in [7, 11) is 0. The molecule has 1 aliphatic heterocycles. The lowest BCUT2D eigenvalue weighted by molar-refractivity contribution is -0.120. The Morgan fingerprint density at radius 2 is 1.81 bits per heavy atom. The van der Waals surface area contributed by atoms with Crippen molar-refractivity contribution in [1.82, 2.24) is 0 Å². The summed E-state index contributed by atoms with van der Waals surface area (Å²) in [4.78, 5) is 15.1. The molecule has 1 aromatic rings. The van der Waals surface area contributed by atoms with Gasteiger partial charge in [-0.3, -0.25) is 4.79 Å². The standard InChI is InChI=1S/C18H26N2O/c1-17(2)15(18(17,3)4)16(21)20-11-7-9-13(19)12-8-5-6-10-14(12)20/h5-6,8,10,13,15H,7,9,11,19H2,1-4H3. The fraction of sp³-hybridized carbons (Fsp3) is 0.611. The molecule has 1 aromatic carbocycles. The van der Waals surface area contributed by atoms with Crippen molar-refractivity contribution in [1.29, 1.82) is 0 Å². The molecule has 21 heavy (non-hydrogen) atoms. The van der Waals surface area contributed by atoms with Crippen LogP contribution in [0.3, 0.4) is 0 Å². The number of rotatable bonds is 1. The van der Waals surface area contributed by atoms with E-state index in [1.54, 1.807) is 0 Å². The smallest absolute Gasteiger partial charge is 0.231 e. The molecule has 1 aliphatic carbocycles. The number of benzene rings is 1. The van der Waals surface area contributed by atoms with Crippen LogP contribution in [0.1, 0.15) is 52.1 Å². The molecular formula is C18H26N2O. The van der Waals surface area contributed by atoms with Crippen molar-refractivity contribution in [2.75, 3.05) is 11.4 Å². The molecule has 1 fully saturated rings. The van der Waals surface area contributed by atoms with E-state index >= 15 is 0 Å². The van der Waals surface area contributed by atoms with Gasteiger partial charge in [-0.1, -0.05) is 45.9 Å². The molecule has 1 unspecified atom stereocenters. The molecule has 0 spiro atoms. The largest absolute Gasteiger partial charge is 0.324 e. The van der Waals surface area contributed by atoms with Gasteiger partial charge in [0.1, 0.15) is 0 Å². The Bertz CT molecular complexity index is 562. The zero-order valence-electron chi connectivity index (χ0n) is 13.5. The lowest BCUT2D eigenvalue weighted by Crippen LogP contribution is -2.34. The van der Waals surface area contributed by atoms with E-state index in [4.69, 9.17) is 5.73 Å².